The minimum absolute atomic E-state index is 0.393. The lowest BCUT2D eigenvalue weighted by Gasteiger charge is -2.34. The Hall–Kier alpha value is -1.99. The number of amides is 2. The highest BCUT2D eigenvalue weighted by molar-refractivity contribution is 6.39. The summed E-state index contributed by atoms with van der Waals surface area (Å²) in [6, 6.07) is 5.29. The minimum Gasteiger partial charge on any atom is -0.332 e. The maximum Gasteiger partial charge on any atom is 0.313 e. The van der Waals surface area contributed by atoms with Crippen LogP contribution in [0.25, 0.3) is 0 Å². The van der Waals surface area contributed by atoms with E-state index in [0.717, 1.165) is 6.54 Å². The summed E-state index contributed by atoms with van der Waals surface area (Å²) in [5.74, 6) is -1.66. The zero-order chi connectivity index (χ0) is 15.2. The quantitative estimate of drug-likeness (QED) is 0.761. The molecule has 2 amide bonds. The molecule has 0 saturated carbocycles. The van der Waals surface area contributed by atoms with Crippen molar-refractivity contribution in [2.45, 2.75) is 0 Å². The number of carbonyl (C=O) groups is 2. The average Bonchev–Trinajstić information content (AvgIpc) is 2.50. The van der Waals surface area contributed by atoms with E-state index in [-0.39, 0.29) is 0 Å². The lowest BCUT2D eigenvalue weighted by Crippen LogP contribution is -2.52. The first kappa shape index (κ1) is 15.4. The Bertz CT molecular complexity index is 498. The predicted molar refractivity (Wildman–Crippen MR) is 77.1 cm³/mol. The maximum absolute atomic E-state index is 12.8. The summed E-state index contributed by atoms with van der Waals surface area (Å²) >= 11 is 0. The first-order valence-corrected chi connectivity index (χ1v) is 6.88. The summed E-state index contributed by atoms with van der Waals surface area (Å²) in [5.41, 5.74) is 5.89. The molecule has 6 nitrogen and oxygen atoms in total. The molecule has 1 aliphatic heterocycles. The molecule has 1 aliphatic rings. The molecule has 1 fully saturated rings. The van der Waals surface area contributed by atoms with Crippen LogP contribution < -0.4 is 11.1 Å². The molecule has 0 bridgehead atoms. The number of hydrogen-bond donors (Lipinski definition) is 2. The molecule has 0 spiro atoms. The number of carbonyl (C=O) groups excluding carboxylic acids is 2. The van der Waals surface area contributed by atoms with Crippen molar-refractivity contribution in [2.75, 3.05) is 44.6 Å². The fourth-order valence-electron chi connectivity index (χ4n) is 2.22. The molecule has 0 aromatic heterocycles. The number of nitrogens with one attached hydrogen (secondary N) is 1. The number of halogens is 1. The van der Waals surface area contributed by atoms with E-state index in [9.17, 15) is 14.0 Å². The third kappa shape index (κ3) is 4.24. The molecule has 0 aliphatic carbocycles. The number of rotatable bonds is 3. The van der Waals surface area contributed by atoms with Gasteiger partial charge in [-0.2, -0.15) is 0 Å². The summed E-state index contributed by atoms with van der Waals surface area (Å²) in [6.45, 7) is 3.83. The van der Waals surface area contributed by atoms with Crippen LogP contribution in [0, 0.1) is 5.82 Å². The van der Waals surface area contributed by atoms with E-state index in [1.54, 1.807) is 0 Å². The summed E-state index contributed by atoms with van der Waals surface area (Å²) in [4.78, 5) is 27.6. The van der Waals surface area contributed by atoms with Crippen LogP contribution in [0.5, 0.6) is 0 Å². The molecule has 114 valence electrons. The molecule has 1 heterocycles. The van der Waals surface area contributed by atoms with E-state index < -0.39 is 17.6 Å². The molecule has 1 aromatic rings. The highest BCUT2D eigenvalue weighted by Crippen LogP contribution is 2.09. The van der Waals surface area contributed by atoms with Gasteiger partial charge in [0.15, 0.2) is 0 Å². The van der Waals surface area contributed by atoms with Gasteiger partial charge in [0, 0.05) is 45.0 Å². The van der Waals surface area contributed by atoms with Crippen LogP contribution in [0.15, 0.2) is 24.3 Å². The van der Waals surface area contributed by atoms with Gasteiger partial charge in [0.25, 0.3) is 0 Å². The number of piperazine rings is 1. The van der Waals surface area contributed by atoms with E-state index in [2.05, 4.69) is 10.2 Å². The first-order valence-electron chi connectivity index (χ1n) is 6.88. The van der Waals surface area contributed by atoms with Crippen molar-refractivity contribution < 1.29 is 14.0 Å². The summed E-state index contributed by atoms with van der Waals surface area (Å²) < 4.78 is 12.8. The van der Waals surface area contributed by atoms with Crippen molar-refractivity contribution in [3.63, 3.8) is 0 Å². The van der Waals surface area contributed by atoms with Crippen molar-refractivity contribution in [3.8, 4) is 0 Å². The standard InChI is InChI=1S/C14H19FN4O2/c15-11-1-3-12(4-2-11)17-13(20)14(21)19-9-7-18(6-5-16)8-10-19/h1-4H,5-10,16H2,(H,17,20). The minimum atomic E-state index is -0.700. The van der Waals surface area contributed by atoms with E-state index in [1.165, 1.54) is 29.2 Å². The number of hydrogen-bond acceptors (Lipinski definition) is 4. The molecular weight excluding hydrogens is 275 g/mol. The highest BCUT2D eigenvalue weighted by Gasteiger charge is 2.25. The Kier molecular flexibility index (Phi) is 5.24. The molecule has 7 heteroatoms. The van der Waals surface area contributed by atoms with Crippen molar-refractivity contribution in [3.05, 3.63) is 30.1 Å². The zero-order valence-electron chi connectivity index (χ0n) is 11.7. The normalized spacial score (nSPS) is 15.8. The fraction of sp³-hybridized carbons (Fsp3) is 0.429. The second-order valence-electron chi connectivity index (χ2n) is 4.88. The van der Waals surface area contributed by atoms with E-state index in [4.69, 9.17) is 5.73 Å². The lowest BCUT2D eigenvalue weighted by molar-refractivity contribution is -0.144. The van der Waals surface area contributed by atoms with E-state index in [0.29, 0.717) is 38.4 Å². The number of anilines is 1. The van der Waals surface area contributed by atoms with Crippen molar-refractivity contribution in [1.82, 2.24) is 9.80 Å². The van der Waals surface area contributed by atoms with Crippen LogP contribution in [0.3, 0.4) is 0 Å². The molecular formula is C14H19FN4O2. The Labute approximate surface area is 122 Å². The van der Waals surface area contributed by atoms with Gasteiger partial charge in [-0.05, 0) is 24.3 Å². The Morgan fingerprint density at radius 1 is 1.14 bits per heavy atom. The van der Waals surface area contributed by atoms with Crippen LogP contribution in [-0.4, -0.2) is 60.9 Å². The molecule has 2 rings (SSSR count). The van der Waals surface area contributed by atoms with Crippen molar-refractivity contribution >= 4 is 17.5 Å². The second kappa shape index (κ2) is 7.14. The third-order valence-electron chi connectivity index (χ3n) is 3.40. The van der Waals surface area contributed by atoms with Gasteiger partial charge < -0.3 is 16.0 Å². The highest BCUT2D eigenvalue weighted by atomic mass is 19.1. The van der Waals surface area contributed by atoms with Gasteiger partial charge in [-0.15, -0.1) is 0 Å². The predicted octanol–water partition coefficient (Wildman–Crippen LogP) is -0.133. The van der Waals surface area contributed by atoms with Gasteiger partial charge in [0.05, 0.1) is 0 Å². The molecule has 1 aromatic carbocycles. The zero-order valence-corrected chi connectivity index (χ0v) is 11.7. The van der Waals surface area contributed by atoms with Gasteiger partial charge >= 0.3 is 11.8 Å². The van der Waals surface area contributed by atoms with Crippen LogP contribution in [0.1, 0.15) is 0 Å². The topological polar surface area (TPSA) is 78.7 Å². The Morgan fingerprint density at radius 3 is 2.33 bits per heavy atom. The number of nitrogens with two attached hydrogens (primary N) is 1. The van der Waals surface area contributed by atoms with Gasteiger partial charge in [-0.25, -0.2) is 4.39 Å². The van der Waals surface area contributed by atoms with Crippen LogP contribution in [0.2, 0.25) is 0 Å². The Morgan fingerprint density at radius 2 is 1.76 bits per heavy atom. The number of nitrogens with zero attached hydrogens (tertiary/aromatic N) is 2. The van der Waals surface area contributed by atoms with Crippen molar-refractivity contribution in [2.24, 2.45) is 5.73 Å². The van der Waals surface area contributed by atoms with E-state index >= 15 is 0 Å². The number of benzene rings is 1. The van der Waals surface area contributed by atoms with Gasteiger partial charge in [0.1, 0.15) is 5.82 Å². The van der Waals surface area contributed by atoms with Crippen LogP contribution in [0.4, 0.5) is 10.1 Å². The van der Waals surface area contributed by atoms with Crippen LogP contribution in [-0.2, 0) is 9.59 Å². The molecule has 21 heavy (non-hydrogen) atoms. The lowest BCUT2D eigenvalue weighted by atomic mass is 10.3. The smallest absolute Gasteiger partial charge is 0.313 e. The molecule has 0 radical (unpaired) electrons. The summed E-state index contributed by atoms with van der Waals surface area (Å²) in [5, 5.41) is 2.47. The monoisotopic (exact) mass is 294 g/mol. The fourth-order valence-corrected chi connectivity index (χ4v) is 2.22. The second-order valence-corrected chi connectivity index (χ2v) is 4.88. The van der Waals surface area contributed by atoms with Gasteiger partial charge in [0.2, 0.25) is 0 Å². The summed E-state index contributed by atoms with van der Waals surface area (Å²) in [7, 11) is 0. The molecule has 0 unspecified atom stereocenters. The van der Waals surface area contributed by atoms with E-state index in [1.807, 2.05) is 0 Å². The third-order valence-corrected chi connectivity index (χ3v) is 3.40. The molecule has 0 atom stereocenters. The Balaban J connectivity index is 1.85. The van der Waals surface area contributed by atoms with Crippen molar-refractivity contribution in [1.29, 1.82) is 0 Å². The van der Waals surface area contributed by atoms with Crippen LogP contribution >= 0.6 is 0 Å². The van der Waals surface area contributed by atoms with Gasteiger partial charge in [-0.3, -0.25) is 14.5 Å². The maximum atomic E-state index is 12.8. The summed E-state index contributed by atoms with van der Waals surface area (Å²) in [6.07, 6.45) is 0. The largest absolute Gasteiger partial charge is 0.332 e. The SMILES string of the molecule is NCCN1CCN(C(=O)C(=O)Nc2ccc(F)cc2)CC1. The molecule has 3 N–H and O–H groups in total. The average molecular weight is 294 g/mol. The molecule has 1 saturated heterocycles. The van der Waals surface area contributed by atoms with Gasteiger partial charge in [-0.1, -0.05) is 0 Å². The first-order chi connectivity index (χ1) is 10.1.